The van der Waals surface area contributed by atoms with Gasteiger partial charge in [0.05, 0.1) is 10.5 Å². The SMILES string of the molecule is CC(=O)NS(=O)(=O)c1ccc(NC(=O)COC(=O)c2cccnc2)cc1. The Hall–Kier alpha value is -3.27. The van der Waals surface area contributed by atoms with Crippen molar-refractivity contribution in [2.75, 3.05) is 11.9 Å². The summed E-state index contributed by atoms with van der Waals surface area (Å²) in [4.78, 5) is 38.0. The number of amides is 2. The van der Waals surface area contributed by atoms with Gasteiger partial charge in [0.25, 0.3) is 15.9 Å². The molecule has 0 bridgehead atoms. The number of nitrogens with one attached hydrogen (secondary N) is 2. The van der Waals surface area contributed by atoms with Gasteiger partial charge in [-0.3, -0.25) is 14.6 Å². The van der Waals surface area contributed by atoms with Crippen LogP contribution in [0.2, 0.25) is 0 Å². The molecule has 2 N–H and O–H groups in total. The molecule has 2 rings (SSSR count). The highest BCUT2D eigenvalue weighted by molar-refractivity contribution is 7.90. The molecule has 1 aromatic heterocycles. The second kappa shape index (κ2) is 8.21. The van der Waals surface area contributed by atoms with Crippen molar-refractivity contribution in [1.29, 1.82) is 0 Å². The van der Waals surface area contributed by atoms with Gasteiger partial charge in [-0.2, -0.15) is 0 Å². The lowest BCUT2D eigenvalue weighted by atomic mass is 10.3. The summed E-state index contributed by atoms with van der Waals surface area (Å²) in [5.41, 5.74) is 0.516. The van der Waals surface area contributed by atoms with Gasteiger partial charge in [-0.05, 0) is 36.4 Å². The monoisotopic (exact) mass is 377 g/mol. The highest BCUT2D eigenvalue weighted by Gasteiger charge is 2.15. The van der Waals surface area contributed by atoms with E-state index < -0.39 is 34.4 Å². The zero-order chi connectivity index (χ0) is 19.2. The van der Waals surface area contributed by atoms with Crippen LogP contribution < -0.4 is 10.0 Å². The third kappa shape index (κ3) is 5.38. The molecule has 136 valence electrons. The molecule has 0 spiro atoms. The van der Waals surface area contributed by atoms with E-state index in [1.807, 2.05) is 4.72 Å². The Kier molecular flexibility index (Phi) is 6.02. The van der Waals surface area contributed by atoms with Gasteiger partial charge in [0.15, 0.2) is 6.61 Å². The van der Waals surface area contributed by atoms with Gasteiger partial charge in [0.2, 0.25) is 5.91 Å². The van der Waals surface area contributed by atoms with E-state index in [-0.39, 0.29) is 10.5 Å². The average Bonchev–Trinajstić information content (AvgIpc) is 2.60. The Bertz CT molecular complexity index is 911. The molecule has 2 aromatic rings. The summed E-state index contributed by atoms with van der Waals surface area (Å²) < 4.78 is 30.3. The molecule has 0 unspecified atom stereocenters. The average molecular weight is 377 g/mol. The molecule has 0 aliphatic rings. The number of benzene rings is 1. The maximum atomic E-state index is 11.8. The third-order valence-electron chi connectivity index (χ3n) is 2.96. The van der Waals surface area contributed by atoms with Crippen LogP contribution in [0.1, 0.15) is 17.3 Å². The summed E-state index contributed by atoms with van der Waals surface area (Å²) in [6.45, 7) is 0.568. The Balaban J connectivity index is 1.91. The van der Waals surface area contributed by atoms with Crippen LogP contribution in [-0.2, 0) is 24.3 Å². The quantitative estimate of drug-likeness (QED) is 0.708. The van der Waals surface area contributed by atoms with Gasteiger partial charge in [-0.15, -0.1) is 0 Å². The largest absolute Gasteiger partial charge is 0.452 e. The van der Waals surface area contributed by atoms with Gasteiger partial charge >= 0.3 is 5.97 Å². The first-order chi connectivity index (χ1) is 12.3. The van der Waals surface area contributed by atoms with Crippen LogP contribution in [0.15, 0.2) is 53.7 Å². The topological polar surface area (TPSA) is 132 Å². The maximum Gasteiger partial charge on any atom is 0.340 e. The summed E-state index contributed by atoms with van der Waals surface area (Å²) in [6, 6.07) is 8.20. The fourth-order valence-corrected chi connectivity index (χ4v) is 2.85. The van der Waals surface area contributed by atoms with E-state index in [0.717, 1.165) is 6.92 Å². The first kappa shape index (κ1) is 19.1. The second-order valence-electron chi connectivity index (χ2n) is 5.05. The van der Waals surface area contributed by atoms with E-state index in [0.29, 0.717) is 5.69 Å². The van der Waals surface area contributed by atoms with Crippen LogP contribution in [-0.4, -0.2) is 37.8 Å². The van der Waals surface area contributed by atoms with Crippen molar-refractivity contribution in [3.8, 4) is 0 Å². The van der Waals surface area contributed by atoms with Crippen molar-refractivity contribution in [2.24, 2.45) is 0 Å². The number of ether oxygens (including phenoxy) is 1. The van der Waals surface area contributed by atoms with Crippen molar-refractivity contribution in [3.05, 3.63) is 54.4 Å². The van der Waals surface area contributed by atoms with Gasteiger partial charge in [-0.25, -0.2) is 17.9 Å². The number of carbonyl (C=O) groups excluding carboxylic acids is 3. The van der Waals surface area contributed by atoms with E-state index in [1.165, 1.54) is 42.7 Å². The van der Waals surface area contributed by atoms with E-state index >= 15 is 0 Å². The van der Waals surface area contributed by atoms with Gasteiger partial charge in [0.1, 0.15) is 0 Å². The minimum Gasteiger partial charge on any atom is -0.452 e. The Labute approximate surface area is 149 Å². The summed E-state index contributed by atoms with van der Waals surface area (Å²) in [6.07, 6.45) is 2.81. The summed E-state index contributed by atoms with van der Waals surface area (Å²) in [5.74, 6) is -2.00. The molecule has 26 heavy (non-hydrogen) atoms. The molecular weight excluding hydrogens is 362 g/mol. The molecule has 0 saturated heterocycles. The predicted molar refractivity (Wildman–Crippen MR) is 90.6 cm³/mol. The minimum atomic E-state index is -3.94. The summed E-state index contributed by atoms with van der Waals surface area (Å²) in [7, 11) is -3.94. The number of anilines is 1. The van der Waals surface area contributed by atoms with Crippen molar-refractivity contribution >= 4 is 33.5 Å². The van der Waals surface area contributed by atoms with Crippen LogP contribution in [0, 0.1) is 0 Å². The van der Waals surface area contributed by atoms with Crippen molar-refractivity contribution in [2.45, 2.75) is 11.8 Å². The van der Waals surface area contributed by atoms with Crippen LogP contribution in [0.5, 0.6) is 0 Å². The fourth-order valence-electron chi connectivity index (χ4n) is 1.86. The first-order valence-corrected chi connectivity index (χ1v) is 8.77. The molecule has 1 heterocycles. The molecule has 9 nitrogen and oxygen atoms in total. The number of carbonyl (C=O) groups is 3. The zero-order valence-corrected chi connectivity index (χ0v) is 14.4. The van der Waals surface area contributed by atoms with E-state index in [4.69, 9.17) is 4.74 Å². The van der Waals surface area contributed by atoms with Crippen molar-refractivity contribution in [3.63, 3.8) is 0 Å². The molecule has 0 aliphatic carbocycles. The smallest absolute Gasteiger partial charge is 0.340 e. The van der Waals surface area contributed by atoms with Gasteiger partial charge < -0.3 is 10.1 Å². The highest BCUT2D eigenvalue weighted by Crippen LogP contribution is 2.14. The number of nitrogens with zero attached hydrogens (tertiary/aromatic N) is 1. The predicted octanol–water partition coefficient (Wildman–Crippen LogP) is 0.702. The van der Waals surface area contributed by atoms with Crippen LogP contribution >= 0.6 is 0 Å². The first-order valence-electron chi connectivity index (χ1n) is 7.28. The molecule has 1 aromatic carbocycles. The lowest BCUT2D eigenvalue weighted by Crippen LogP contribution is -2.28. The maximum absolute atomic E-state index is 11.8. The van der Waals surface area contributed by atoms with Crippen LogP contribution in [0.4, 0.5) is 5.69 Å². The van der Waals surface area contributed by atoms with E-state index in [2.05, 4.69) is 10.3 Å². The summed E-state index contributed by atoms with van der Waals surface area (Å²) >= 11 is 0. The molecule has 0 atom stereocenters. The van der Waals surface area contributed by atoms with Crippen molar-refractivity contribution < 1.29 is 27.5 Å². The normalized spacial score (nSPS) is 10.7. The number of rotatable bonds is 6. The Morgan fingerprint density at radius 2 is 1.81 bits per heavy atom. The number of sulfonamides is 1. The third-order valence-corrected chi connectivity index (χ3v) is 4.41. The van der Waals surface area contributed by atoms with E-state index in [1.54, 1.807) is 6.07 Å². The highest BCUT2D eigenvalue weighted by atomic mass is 32.2. The molecule has 10 heteroatoms. The second-order valence-corrected chi connectivity index (χ2v) is 6.73. The van der Waals surface area contributed by atoms with E-state index in [9.17, 15) is 22.8 Å². The zero-order valence-electron chi connectivity index (χ0n) is 13.6. The molecule has 0 saturated carbocycles. The van der Waals surface area contributed by atoms with Crippen LogP contribution in [0.3, 0.4) is 0 Å². The van der Waals surface area contributed by atoms with Crippen molar-refractivity contribution in [1.82, 2.24) is 9.71 Å². The Morgan fingerprint density at radius 3 is 2.38 bits per heavy atom. The Morgan fingerprint density at radius 1 is 1.12 bits per heavy atom. The summed E-state index contributed by atoms with van der Waals surface area (Å²) in [5, 5.41) is 2.45. The fraction of sp³-hybridized carbons (Fsp3) is 0.125. The number of esters is 1. The number of hydrogen-bond donors (Lipinski definition) is 2. The van der Waals surface area contributed by atoms with Crippen LogP contribution in [0.25, 0.3) is 0 Å². The van der Waals surface area contributed by atoms with Gasteiger partial charge in [0, 0.05) is 25.0 Å². The number of aromatic nitrogens is 1. The molecular formula is C16H15N3O6S. The molecule has 0 radical (unpaired) electrons. The lowest BCUT2D eigenvalue weighted by molar-refractivity contribution is -0.119. The molecule has 2 amide bonds. The van der Waals surface area contributed by atoms with Gasteiger partial charge in [-0.1, -0.05) is 0 Å². The lowest BCUT2D eigenvalue weighted by Gasteiger charge is -2.08. The number of pyridine rings is 1. The number of hydrogen-bond acceptors (Lipinski definition) is 7. The standard InChI is InChI=1S/C16H15N3O6S/c1-11(20)19-26(23,24)14-6-4-13(5-7-14)18-15(21)10-25-16(22)12-3-2-8-17-9-12/h2-9H,10H2,1H3,(H,18,21)(H,19,20). The molecule has 0 aliphatic heterocycles. The minimum absolute atomic E-state index is 0.131. The molecule has 0 fully saturated rings.